The quantitative estimate of drug-likeness (QED) is 0.512. The smallest absolute Gasteiger partial charge is 0.232 e. The van der Waals surface area contributed by atoms with Gasteiger partial charge in [0, 0.05) is 37.0 Å². The van der Waals surface area contributed by atoms with E-state index in [0.717, 1.165) is 42.7 Å². The number of amides is 1. The van der Waals surface area contributed by atoms with Crippen molar-refractivity contribution in [2.45, 2.75) is 24.4 Å². The summed E-state index contributed by atoms with van der Waals surface area (Å²) in [6.45, 7) is 2.10. The highest BCUT2D eigenvalue weighted by atomic mass is 35.5. The Balaban J connectivity index is 1.27. The molecule has 0 atom stereocenters. The van der Waals surface area contributed by atoms with Crippen molar-refractivity contribution in [2.75, 3.05) is 35.9 Å². The second-order valence-electron chi connectivity index (χ2n) is 7.48. The number of anilines is 2. The lowest BCUT2D eigenvalue weighted by Crippen LogP contribution is -2.22. The molecule has 1 amide bonds. The first-order valence-electron chi connectivity index (χ1n) is 10.5. The van der Waals surface area contributed by atoms with E-state index in [0.29, 0.717) is 34.4 Å². The Morgan fingerprint density at radius 1 is 1.09 bits per heavy atom. The van der Waals surface area contributed by atoms with Crippen LogP contribution < -0.4 is 19.7 Å². The molecule has 1 saturated heterocycles. The Morgan fingerprint density at radius 3 is 2.75 bits per heavy atom. The van der Waals surface area contributed by atoms with Gasteiger partial charge in [0.2, 0.25) is 18.6 Å². The molecule has 1 fully saturated rings. The van der Waals surface area contributed by atoms with Crippen molar-refractivity contribution in [3.63, 3.8) is 0 Å². The van der Waals surface area contributed by atoms with Gasteiger partial charge < -0.3 is 19.7 Å². The molecule has 2 aliphatic heterocycles. The van der Waals surface area contributed by atoms with Crippen LogP contribution in [0.15, 0.2) is 47.6 Å². The number of carbonyl (C=O) groups is 1. The Bertz CT molecular complexity index is 1130. The third-order valence-electron chi connectivity index (χ3n) is 5.32. The normalized spacial score (nSPS) is 14.7. The second kappa shape index (κ2) is 9.30. The van der Waals surface area contributed by atoms with E-state index in [1.807, 2.05) is 28.8 Å². The molecule has 0 bridgehead atoms. The van der Waals surface area contributed by atoms with Gasteiger partial charge in [0.05, 0.1) is 10.7 Å². The molecule has 1 aromatic heterocycles. The molecule has 0 saturated carbocycles. The van der Waals surface area contributed by atoms with Crippen molar-refractivity contribution in [2.24, 2.45) is 0 Å². The van der Waals surface area contributed by atoms with Crippen molar-refractivity contribution < 1.29 is 14.3 Å². The van der Waals surface area contributed by atoms with Crippen molar-refractivity contribution in [1.82, 2.24) is 14.8 Å². The van der Waals surface area contributed by atoms with E-state index in [9.17, 15) is 4.79 Å². The first-order valence-corrected chi connectivity index (χ1v) is 11.8. The molecule has 2 aliphatic rings. The van der Waals surface area contributed by atoms with Crippen molar-refractivity contribution in [3.8, 4) is 17.2 Å². The molecule has 10 heteroatoms. The van der Waals surface area contributed by atoms with E-state index in [4.69, 9.17) is 21.1 Å². The number of ether oxygens (including phenoxy) is 2. The molecule has 0 spiro atoms. The topological polar surface area (TPSA) is 81.5 Å². The number of aromatic nitrogens is 3. The highest BCUT2D eigenvalue weighted by molar-refractivity contribution is 7.99. The van der Waals surface area contributed by atoms with Crippen LogP contribution >= 0.6 is 23.4 Å². The Hall–Kier alpha value is -2.91. The average molecular weight is 472 g/mol. The second-order valence-corrected chi connectivity index (χ2v) is 8.95. The van der Waals surface area contributed by atoms with Gasteiger partial charge in [-0.1, -0.05) is 35.5 Å². The lowest BCUT2D eigenvalue weighted by molar-refractivity contribution is -0.115. The number of nitrogens with one attached hydrogen (secondary N) is 1. The first kappa shape index (κ1) is 21.0. The van der Waals surface area contributed by atoms with Gasteiger partial charge in [0.25, 0.3) is 0 Å². The monoisotopic (exact) mass is 471 g/mol. The van der Waals surface area contributed by atoms with Crippen LogP contribution in [0, 0.1) is 0 Å². The van der Waals surface area contributed by atoms with Crippen LogP contribution in [0.4, 0.5) is 11.6 Å². The molecule has 2 aromatic carbocycles. The molecule has 166 valence electrons. The molecule has 5 rings (SSSR count). The number of para-hydroxylation sites is 1. The summed E-state index contributed by atoms with van der Waals surface area (Å²) in [5, 5.41) is 13.1. The highest BCUT2D eigenvalue weighted by Crippen LogP contribution is 2.35. The van der Waals surface area contributed by atoms with E-state index in [2.05, 4.69) is 20.4 Å². The molecular formula is C22H22ClN5O3S. The van der Waals surface area contributed by atoms with E-state index in [1.165, 1.54) is 11.8 Å². The zero-order valence-corrected chi connectivity index (χ0v) is 18.9. The minimum atomic E-state index is -0.0834. The maximum Gasteiger partial charge on any atom is 0.232 e. The molecule has 3 aromatic rings. The summed E-state index contributed by atoms with van der Waals surface area (Å²) in [5.74, 6) is 2.59. The van der Waals surface area contributed by atoms with Gasteiger partial charge in [0.15, 0.2) is 16.7 Å². The number of rotatable bonds is 7. The van der Waals surface area contributed by atoms with Gasteiger partial charge in [-0.15, -0.1) is 10.2 Å². The van der Waals surface area contributed by atoms with Crippen molar-refractivity contribution >= 4 is 40.9 Å². The number of hydrogen-bond donors (Lipinski definition) is 1. The van der Waals surface area contributed by atoms with Crippen LogP contribution in [0.2, 0.25) is 5.02 Å². The molecule has 0 aliphatic carbocycles. The van der Waals surface area contributed by atoms with Gasteiger partial charge in [0.1, 0.15) is 0 Å². The van der Waals surface area contributed by atoms with Crippen LogP contribution in [0.1, 0.15) is 19.3 Å². The van der Waals surface area contributed by atoms with E-state index in [1.54, 1.807) is 18.2 Å². The summed E-state index contributed by atoms with van der Waals surface area (Å²) >= 11 is 7.98. The fraction of sp³-hybridized carbons (Fsp3) is 0.318. The summed E-state index contributed by atoms with van der Waals surface area (Å²) in [6, 6.07) is 13.0. The number of halogens is 1. The van der Waals surface area contributed by atoms with Gasteiger partial charge >= 0.3 is 0 Å². The zero-order chi connectivity index (χ0) is 21.9. The molecule has 1 N–H and O–H groups in total. The maximum atomic E-state index is 12.5. The lowest BCUT2D eigenvalue weighted by Gasteiger charge is -2.19. The van der Waals surface area contributed by atoms with E-state index < -0.39 is 0 Å². The SMILES string of the molecule is O=C(CCSc1nnc(N2CCCC2)n1-c1ccccc1Cl)Nc1ccc2c(c1)OCO2. The molecule has 32 heavy (non-hydrogen) atoms. The van der Waals surface area contributed by atoms with Crippen LogP contribution in [0.5, 0.6) is 11.5 Å². The molecule has 0 radical (unpaired) electrons. The Labute approximate surface area is 194 Å². The first-order chi connectivity index (χ1) is 15.7. The number of hydrogen-bond acceptors (Lipinski definition) is 7. The third-order valence-corrected chi connectivity index (χ3v) is 6.57. The average Bonchev–Trinajstić information content (AvgIpc) is 3.54. The number of nitrogens with zero attached hydrogens (tertiary/aromatic N) is 4. The van der Waals surface area contributed by atoms with Crippen molar-refractivity contribution in [3.05, 3.63) is 47.5 Å². The predicted octanol–water partition coefficient (Wildman–Crippen LogP) is 4.37. The summed E-state index contributed by atoms with van der Waals surface area (Å²) in [5.41, 5.74) is 1.52. The maximum absolute atomic E-state index is 12.5. The number of benzene rings is 2. The molecule has 3 heterocycles. The minimum Gasteiger partial charge on any atom is -0.454 e. The van der Waals surface area contributed by atoms with Crippen molar-refractivity contribution in [1.29, 1.82) is 0 Å². The molecule has 0 unspecified atom stereocenters. The van der Waals surface area contributed by atoms with E-state index in [-0.39, 0.29) is 12.7 Å². The zero-order valence-electron chi connectivity index (χ0n) is 17.3. The van der Waals surface area contributed by atoms with Crippen LogP contribution in [-0.4, -0.2) is 46.3 Å². The predicted molar refractivity (Wildman–Crippen MR) is 124 cm³/mol. The molecular weight excluding hydrogens is 450 g/mol. The fourth-order valence-corrected chi connectivity index (χ4v) is 4.85. The van der Waals surface area contributed by atoms with Gasteiger partial charge in [-0.2, -0.15) is 0 Å². The summed E-state index contributed by atoms with van der Waals surface area (Å²) in [4.78, 5) is 14.7. The lowest BCUT2D eigenvalue weighted by atomic mass is 10.2. The Kier molecular flexibility index (Phi) is 6.09. The fourth-order valence-electron chi connectivity index (χ4n) is 3.75. The third kappa shape index (κ3) is 4.35. The molecule has 8 nitrogen and oxygen atoms in total. The minimum absolute atomic E-state index is 0.0834. The largest absolute Gasteiger partial charge is 0.454 e. The standard InChI is InChI=1S/C22H22ClN5O3S/c23-16-5-1-2-6-17(16)28-21(27-10-3-4-11-27)25-26-22(28)32-12-9-20(29)24-15-7-8-18-19(13-15)31-14-30-18/h1-2,5-8,13H,3-4,9-12,14H2,(H,24,29). The van der Waals surface area contributed by atoms with Crippen LogP contribution in [0.25, 0.3) is 5.69 Å². The number of fused-ring (bicyclic) bond motifs is 1. The summed E-state index contributed by atoms with van der Waals surface area (Å²) < 4.78 is 12.7. The number of thioether (sulfide) groups is 1. The summed E-state index contributed by atoms with van der Waals surface area (Å²) in [6.07, 6.45) is 2.60. The van der Waals surface area contributed by atoms with Gasteiger partial charge in [-0.05, 0) is 37.1 Å². The van der Waals surface area contributed by atoms with Crippen LogP contribution in [-0.2, 0) is 4.79 Å². The Morgan fingerprint density at radius 2 is 1.91 bits per heavy atom. The number of carbonyl (C=O) groups excluding carboxylic acids is 1. The van der Waals surface area contributed by atoms with E-state index >= 15 is 0 Å². The van der Waals surface area contributed by atoms with Gasteiger partial charge in [-0.3, -0.25) is 9.36 Å². The summed E-state index contributed by atoms with van der Waals surface area (Å²) in [7, 11) is 0. The highest BCUT2D eigenvalue weighted by Gasteiger charge is 2.23. The van der Waals surface area contributed by atoms with Gasteiger partial charge in [-0.25, -0.2) is 0 Å². The van der Waals surface area contributed by atoms with Crippen LogP contribution in [0.3, 0.4) is 0 Å².